The van der Waals surface area contributed by atoms with Crippen LogP contribution in [0.1, 0.15) is 22.3 Å². The molecule has 1 aromatic heterocycles. The Kier molecular flexibility index (Phi) is 9.09. The van der Waals surface area contributed by atoms with Crippen molar-refractivity contribution in [2.75, 3.05) is 0 Å². The Hall–Kier alpha value is -7.94. The van der Waals surface area contributed by atoms with Gasteiger partial charge in [0.25, 0.3) is 0 Å². The molecule has 0 saturated heterocycles. The number of rotatable bonds is 8. The Balaban J connectivity index is 0.966. The summed E-state index contributed by atoms with van der Waals surface area (Å²) >= 11 is 0. The van der Waals surface area contributed by atoms with Gasteiger partial charge in [-0.05, 0) is 91.0 Å². The van der Waals surface area contributed by atoms with E-state index in [-0.39, 0.29) is 0 Å². The molecule has 1 heterocycles. The van der Waals surface area contributed by atoms with Crippen LogP contribution in [0.4, 0.5) is 0 Å². The fraction of sp³-hybridized carbons (Fsp3) is 0.0169. The minimum atomic E-state index is -0.435. The van der Waals surface area contributed by atoms with E-state index >= 15 is 0 Å². The number of hydrogen-bond acceptors (Lipinski definition) is 2. The second-order valence-electron chi connectivity index (χ2n) is 15.7. The molecule has 0 spiro atoms. The van der Waals surface area contributed by atoms with E-state index in [0.29, 0.717) is 5.82 Å². The zero-order valence-corrected chi connectivity index (χ0v) is 33.5. The SMILES string of the molecule is c1ccc(-c2cccc(-c3cc(-c4ccccc4)nc(-c4cccc(-c5ccc(-c6ccc7c(c6)C(c6ccccc6)(c6ccccc6)c6ccccc6-7)cc5)c4)n3)c2)cc1. The van der Waals surface area contributed by atoms with Crippen molar-refractivity contribution in [3.8, 4) is 78.4 Å². The summed E-state index contributed by atoms with van der Waals surface area (Å²) in [5.74, 6) is 0.694. The molecule has 10 aromatic rings. The zero-order chi connectivity index (χ0) is 40.6. The molecule has 0 bridgehead atoms. The molecule has 0 radical (unpaired) electrons. The Morgan fingerprint density at radius 2 is 0.656 bits per heavy atom. The molecular formula is C59H40N2. The standard InChI is InChI=1S/C59H40N2/c1-5-17-41(18-6-1)45-21-15-23-48(37-45)57-40-56(44-19-7-2-8-20-44)60-58(61-57)49-24-16-22-46(38-49)42-31-33-43(34-32-42)47-35-36-53-52-29-13-14-30-54(52)59(55(53)39-47,50-25-9-3-10-26-50)51-27-11-4-12-28-51/h1-40H. The maximum Gasteiger partial charge on any atom is 0.160 e. The van der Waals surface area contributed by atoms with E-state index in [0.717, 1.165) is 44.8 Å². The Morgan fingerprint density at radius 3 is 1.28 bits per heavy atom. The Labute approximate surface area is 357 Å². The summed E-state index contributed by atoms with van der Waals surface area (Å²) in [4.78, 5) is 10.4. The first kappa shape index (κ1) is 36.2. The van der Waals surface area contributed by atoms with E-state index in [1.165, 1.54) is 50.1 Å². The minimum Gasteiger partial charge on any atom is -0.228 e. The molecule has 1 aliphatic carbocycles. The van der Waals surface area contributed by atoms with Crippen molar-refractivity contribution in [1.29, 1.82) is 0 Å². The van der Waals surface area contributed by atoms with E-state index in [1.807, 2.05) is 12.1 Å². The van der Waals surface area contributed by atoms with Crippen molar-refractivity contribution in [3.05, 3.63) is 265 Å². The summed E-state index contributed by atoms with van der Waals surface area (Å²) < 4.78 is 0. The van der Waals surface area contributed by atoms with Crippen LogP contribution in [0.5, 0.6) is 0 Å². The smallest absolute Gasteiger partial charge is 0.160 e. The van der Waals surface area contributed by atoms with Crippen molar-refractivity contribution in [3.63, 3.8) is 0 Å². The predicted molar refractivity (Wildman–Crippen MR) is 252 cm³/mol. The van der Waals surface area contributed by atoms with Crippen molar-refractivity contribution >= 4 is 0 Å². The fourth-order valence-electron chi connectivity index (χ4n) is 9.29. The van der Waals surface area contributed by atoms with Gasteiger partial charge < -0.3 is 0 Å². The van der Waals surface area contributed by atoms with Crippen molar-refractivity contribution in [1.82, 2.24) is 9.97 Å². The number of nitrogens with zero attached hydrogens (tertiary/aromatic N) is 2. The van der Waals surface area contributed by atoms with Gasteiger partial charge in [0, 0.05) is 16.7 Å². The predicted octanol–water partition coefficient (Wildman–Crippen LogP) is 14.8. The van der Waals surface area contributed by atoms with Crippen LogP contribution in [0.3, 0.4) is 0 Å². The lowest BCUT2D eigenvalue weighted by Gasteiger charge is -2.34. The van der Waals surface area contributed by atoms with Gasteiger partial charge in [-0.15, -0.1) is 0 Å². The monoisotopic (exact) mass is 776 g/mol. The van der Waals surface area contributed by atoms with E-state index in [1.54, 1.807) is 0 Å². The molecule has 0 saturated carbocycles. The van der Waals surface area contributed by atoms with Gasteiger partial charge in [-0.3, -0.25) is 0 Å². The van der Waals surface area contributed by atoms with E-state index < -0.39 is 5.41 Å². The minimum absolute atomic E-state index is 0.435. The summed E-state index contributed by atoms with van der Waals surface area (Å²) in [6, 6.07) is 87.1. The molecular weight excluding hydrogens is 737 g/mol. The molecule has 2 nitrogen and oxygen atoms in total. The maximum absolute atomic E-state index is 5.21. The summed E-state index contributed by atoms with van der Waals surface area (Å²) in [6.45, 7) is 0. The van der Waals surface area contributed by atoms with Crippen LogP contribution in [0.15, 0.2) is 243 Å². The Morgan fingerprint density at radius 1 is 0.246 bits per heavy atom. The molecule has 0 aliphatic heterocycles. The summed E-state index contributed by atoms with van der Waals surface area (Å²) in [5, 5.41) is 0. The first-order valence-electron chi connectivity index (χ1n) is 20.9. The molecule has 0 N–H and O–H groups in total. The third-order valence-corrected chi connectivity index (χ3v) is 12.2. The van der Waals surface area contributed by atoms with Crippen LogP contribution in [0, 0.1) is 0 Å². The largest absolute Gasteiger partial charge is 0.228 e. The lowest BCUT2D eigenvalue weighted by molar-refractivity contribution is 0.769. The molecule has 0 atom stereocenters. The molecule has 0 amide bonds. The highest BCUT2D eigenvalue weighted by atomic mass is 14.9. The molecule has 2 heteroatoms. The molecule has 1 aliphatic rings. The first-order chi connectivity index (χ1) is 30.2. The molecule has 286 valence electrons. The second-order valence-corrected chi connectivity index (χ2v) is 15.7. The Bertz CT molecular complexity index is 3120. The van der Waals surface area contributed by atoms with Crippen LogP contribution >= 0.6 is 0 Å². The number of aromatic nitrogens is 2. The third-order valence-electron chi connectivity index (χ3n) is 12.2. The van der Waals surface area contributed by atoms with Gasteiger partial charge in [0.15, 0.2) is 5.82 Å². The highest BCUT2D eigenvalue weighted by molar-refractivity contribution is 5.89. The van der Waals surface area contributed by atoms with Crippen LogP contribution in [-0.2, 0) is 5.41 Å². The first-order valence-corrected chi connectivity index (χ1v) is 20.9. The van der Waals surface area contributed by atoms with Crippen LogP contribution in [0.25, 0.3) is 78.4 Å². The number of fused-ring (bicyclic) bond motifs is 3. The summed E-state index contributed by atoms with van der Waals surface area (Å²) in [7, 11) is 0. The van der Waals surface area contributed by atoms with E-state index in [9.17, 15) is 0 Å². The normalized spacial score (nSPS) is 12.4. The van der Waals surface area contributed by atoms with Gasteiger partial charge in [-0.2, -0.15) is 0 Å². The molecule has 0 unspecified atom stereocenters. The lowest BCUT2D eigenvalue weighted by Crippen LogP contribution is -2.28. The summed E-state index contributed by atoms with van der Waals surface area (Å²) in [6.07, 6.45) is 0. The van der Waals surface area contributed by atoms with E-state index in [4.69, 9.17) is 9.97 Å². The van der Waals surface area contributed by atoms with Crippen LogP contribution in [0.2, 0.25) is 0 Å². The van der Waals surface area contributed by atoms with Crippen LogP contribution in [-0.4, -0.2) is 9.97 Å². The lowest BCUT2D eigenvalue weighted by atomic mass is 9.67. The maximum atomic E-state index is 5.21. The average Bonchev–Trinajstić information content (AvgIpc) is 3.65. The van der Waals surface area contributed by atoms with Crippen molar-refractivity contribution < 1.29 is 0 Å². The average molecular weight is 777 g/mol. The quantitative estimate of drug-likeness (QED) is 0.154. The van der Waals surface area contributed by atoms with Gasteiger partial charge in [0.2, 0.25) is 0 Å². The molecule has 9 aromatic carbocycles. The fourth-order valence-corrected chi connectivity index (χ4v) is 9.29. The number of hydrogen-bond donors (Lipinski definition) is 0. The highest BCUT2D eigenvalue weighted by Gasteiger charge is 2.46. The third kappa shape index (κ3) is 6.46. The van der Waals surface area contributed by atoms with Gasteiger partial charge in [-0.1, -0.05) is 218 Å². The topological polar surface area (TPSA) is 25.8 Å². The number of benzene rings is 9. The summed E-state index contributed by atoms with van der Waals surface area (Å²) in [5.41, 5.74) is 19.1. The van der Waals surface area contributed by atoms with Gasteiger partial charge in [-0.25, -0.2) is 9.97 Å². The molecule has 11 rings (SSSR count). The van der Waals surface area contributed by atoms with Crippen molar-refractivity contribution in [2.45, 2.75) is 5.41 Å². The molecule has 61 heavy (non-hydrogen) atoms. The zero-order valence-electron chi connectivity index (χ0n) is 33.5. The highest BCUT2D eigenvalue weighted by Crippen LogP contribution is 2.56. The van der Waals surface area contributed by atoms with Gasteiger partial charge in [0.1, 0.15) is 0 Å². The molecule has 0 fully saturated rings. The van der Waals surface area contributed by atoms with Gasteiger partial charge >= 0.3 is 0 Å². The second kappa shape index (κ2) is 15.3. The van der Waals surface area contributed by atoms with Gasteiger partial charge in [0.05, 0.1) is 16.8 Å². The van der Waals surface area contributed by atoms with E-state index in [2.05, 4.69) is 231 Å². The van der Waals surface area contributed by atoms with Crippen molar-refractivity contribution in [2.24, 2.45) is 0 Å². The van der Waals surface area contributed by atoms with Crippen LogP contribution < -0.4 is 0 Å².